The summed E-state index contributed by atoms with van der Waals surface area (Å²) in [4.78, 5) is 12.5. The third-order valence-corrected chi connectivity index (χ3v) is 5.03. The first-order chi connectivity index (χ1) is 11.7. The van der Waals surface area contributed by atoms with E-state index in [2.05, 4.69) is 5.32 Å². The zero-order valence-electron chi connectivity index (χ0n) is 14.2. The van der Waals surface area contributed by atoms with Gasteiger partial charge in [0.15, 0.2) is 0 Å². The monoisotopic (exact) mass is 330 g/mol. The van der Waals surface area contributed by atoms with Crippen molar-refractivity contribution in [1.82, 2.24) is 5.32 Å². The topological polar surface area (TPSA) is 77.5 Å². The lowest BCUT2D eigenvalue weighted by Crippen LogP contribution is -2.46. The van der Waals surface area contributed by atoms with E-state index in [-0.39, 0.29) is 11.9 Å². The summed E-state index contributed by atoms with van der Waals surface area (Å²) in [6, 6.07) is 5.73. The van der Waals surface area contributed by atoms with E-state index in [1.807, 2.05) is 18.2 Å². The van der Waals surface area contributed by atoms with Crippen molar-refractivity contribution in [2.24, 2.45) is 11.7 Å². The van der Waals surface area contributed by atoms with Gasteiger partial charge in [-0.2, -0.15) is 0 Å². The Morgan fingerprint density at radius 2 is 2.17 bits per heavy atom. The fraction of sp³-hybridized carbons (Fsp3) is 0.526. The van der Waals surface area contributed by atoms with Gasteiger partial charge in [0, 0.05) is 29.6 Å². The molecule has 1 unspecified atom stereocenters. The minimum atomic E-state index is 0.00883. The molecule has 0 aliphatic heterocycles. The van der Waals surface area contributed by atoms with Crippen LogP contribution in [0.3, 0.4) is 0 Å². The highest BCUT2D eigenvalue weighted by atomic mass is 16.5. The van der Waals surface area contributed by atoms with Crippen LogP contribution in [0, 0.1) is 5.92 Å². The number of carbonyl (C=O) groups excluding carboxylic acids is 1. The van der Waals surface area contributed by atoms with Crippen LogP contribution in [0.15, 0.2) is 28.9 Å². The van der Waals surface area contributed by atoms with E-state index in [1.165, 1.54) is 19.3 Å². The third-order valence-electron chi connectivity index (χ3n) is 5.03. The molecule has 1 amide bonds. The Bertz CT molecular complexity index is 689. The summed E-state index contributed by atoms with van der Waals surface area (Å²) in [5, 5.41) is 4.08. The van der Waals surface area contributed by atoms with Gasteiger partial charge in [-0.05, 0) is 30.9 Å². The van der Waals surface area contributed by atoms with Gasteiger partial charge in [-0.15, -0.1) is 0 Å². The zero-order valence-corrected chi connectivity index (χ0v) is 14.2. The Morgan fingerprint density at radius 1 is 1.38 bits per heavy atom. The first kappa shape index (κ1) is 16.8. The highest BCUT2D eigenvalue weighted by Gasteiger charge is 2.24. The van der Waals surface area contributed by atoms with Gasteiger partial charge in [0.25, 0.3) is 0 Å². The summed E-state index contributed by atoms with van der Waals surface area (Å²) in [7, 11) is 1.62. The SMILES string of the molecule is COc1ccc2c(CC(=O)NC(CN)C3CCCCC3)coc2c1. The molecule has 0 spiro atoms. The molecule has 0 saturated heterocycles. The van der Waals surface area contributed by atoms with Gasteiger partial charge in [0.2, 0.25) is 5.91 Å². The first-order valence-corrected chi connectivity index (χ1v) is 8.75. The molecule has 1 aromatic heterocycles. The number of amides is 1. The fourth-order valence-electron chi connectivity index (χ4n) is 3.66. The number of hydrogen-bond acceptors (Lipinski definition) is 4. The molecule has 1 saturated carbocycles. The molecule has 3 N–H and O–H groups in total. The number of methoxy groups -OCH3 is 1. The van der Waals surface area contributed by atoms with E-state index >= 15 is 0 Å². The highest BCUT2D eigenvalue weighted by Crippen LogP contribution is 2.27. The number of ether oxygens (including phenoxy) is 1. The van der Waals surface area contributed by atoms with Gasteiger partial charge < -0.3 is 20.2 Å². The molecule has 1 heterocycles. The summed E-state index contributed by atoms with van der Waals surface area (Å²) in [6.45, 7) is 0.500. The molecular weight excluding hydrogens is 304 g/mol. The van der Waals surface area contributed by atoms with Gasteiger partial charge in [-0.25, -0.2) is 0 Å². The molecule has 1 aromatic carbocycles. The van der Waals surface area contributed by atoms with E-state index in [0.29, 0.717) is 18.9 Å². The Kier molecular flexibility index (Phi) is 5.41. The summed E-state index contributed by atoms with van der Waals surface area (Å²) in [5.41, 5.74) is 7.53. The molecule has 0 radical (unpaired) electrons. The molecule has 3 rings (SSSR count). The Labute approximate surface area is 142 Å². The van der Waals surface area contributed by atoms with E-state index < -0.39 is 0 Å². The quantitative estimate of drug-likeness (QED) is 0.853. The van der Waals surface area contributed by atoms with Crippen LogP contribution in [-0.2, 0) is 11.2 Å². The van der Waals surface area contributed by atoms with Crippen LogP contribution in [0.5, 0.6) is 5.75 Å². The van der Waals surface area contributed by atoms with Gasteiger partial charge >= 0.3 is 0 Å². The van der Waals surface area contributed by atoms with Gasteiger partial charge in [0.1, 0.15) is 11.3 Å². The predicted octanol–water partition coefficient (Wildman–Crippen LogP) is 3.01. The zero-order chi connectivity index (χ0) is 16.9. The van der Waals surface area contributed by atoms with Crippen LogP contribution in [-0.4, -0.2) is 25.6 Å². The number of nitrogens with two attached hydrogens (primary N) is 1. The van der Waals surface area contributed by atoms with E-state index in [1.54, 1.807) is 13.4 Å². The molecular formula is C19H26N2O3. The lowest BCUT2D eigenvalue weighted by molar-refractivity contribution is -0.121. The maximum absolute atomic E-state index is 12.5. The largest absolute Gasteiger partial charge is 0.497 e. The van der Waals surface area contributed by atoms with Crippen molar-refractivity contribution in [3.8, 4) is 5.75 Å². The molecule has 130 valence electrons. The lowest BCUT2D eigenvalue weighted by atomic mass is 9.84. The van der Waals surface area contributed by atoms with Crippen molar-refractivity contribution in [2.75, 3.05) is 13.7 Å². The second-order valence-corrected chi connectivity index (χ2v) is 6.61. The molecule has 1 fully saturated rings. The fourth-order valence-corrected chi connectivity index (χ4v) is 3.66. The second-order valence-electron chi connectivity index (χ2n) is 6.61. The average molecular weight is 330 g/mol. The van der Waals surface area contributed by atoms with E-state index in [9.17, 15) is 4.79 Å². The van der Waals surface area contributed by atoms with Gasteiger partial charge in [-0.3, -0.25) is 4.79 Å². The Balaban J connectivity index is 1.65. The van der Waals surface area contributed by atoms with Crippen LogP contribution in [0.25, 0.3) is 11.0 Å². The normalized spacial score (nSPS) is 16.9. The van der Waals surface area contributed by atoms with Crippen LogP contribution < -0.4 is 15.8 Å². The van der Waals surface area contributed by atoms with Gasteiger partial charge in [0.05, 0.1) is 19.8 Å². The van der Waals surface area contributed by atoms with Crippen molar-refractivity contribution in [2.45, 2.75) is 44.6 Å². The molecule has 1 aliphatic carbocycles. The van der Waals surface area contributed by atoms with Crippen molar-refractivity contribution in [1.29, 1.82) is 0 Å². The standard InChI is InChI=1S/C19H26N2O3/c1-23-15-7-8-16-14(12-24-18(16)10-15)9-19(22)21-17(11-20)13-5-3-2-4-6-13/h7-8,10,12-13,17H,2-6,9,11,20H2,1H3,(H,21,22). The summed E-state index contributed by atoms with van der Waals surface area (Å²) < 4.78 is 10.7. The molecule has 5 nitrogen and oxygen atoms in total. The molecule has 1 aliphatic rings. The number of fused-ring (bicyclic) bond motifs is 1. The van der Waals surface area contributed by atoms with Crippen LogP contribution in [0.4, 0.5) is 0 Å². The number of nitrogens with one attached hydrogen (secondary N) is 1. The highest BCUT2D eigenvalue weighted by molar-refractivity contribution is 5.88. The lowest BCUT2D eigenvalue weighted by Gasteiger charge is -2.30. The molecule has 2 aromatic rings. The average Bonchev–Trinajstić information content (AvgIpc) is 3.02. The predicted molar refractivity (Wildman–Crippen MR) is 94.0 cm³/mol. The second kappa shape index (κ2) is 7.71. The summed E-state index contributed by atoms with van der Waals surface area (Å²) in [6.07, 6.45) is 8.07. The molecule has 1 atom stereocenters. The van der Waals surface area contributed by atoms with Crippen LogP contribution in [0.2, 0.25) is 0 Å². The number of carbonyl (C=O) groups is 1. The smallest absolute Gasteiger partial charge is 0.224 e. The number of hydrogen-bond donors (Lipinski definition) is 2. The van der Waals surface area contributed by atoms with Crippen molar-refractivity contribution in [3.05, 3.63) is 30.0 Å². The van der Waals surface area contributed by atoms with Gasteiger partial charge in [-0.1, -0.05) is 19.3 Å². The summed E-state index contributed by atoms with van der Waals surface area (Å²) >= 11 is 0. The van der Waals surface area contributed by atoms with Crippen molar-refractivity contribution >= 4 is 16.9 Å². The Hall–Kier alpha value is -2.01. The maximum atomic E-state index is 12.5. The van der Waals surface area contributed by atoms with Crippen LogP contribution in [0.1, 0.15) is 37.7 Å². The molecule has 5 heteroatoms. The Morgan fingerprint density at radius 3 is 2.88 bits per heavy atom. The summed E-state index contributed by atoms with van der Waals surface area (Å²) in [5.74, 6) is 1.26. The minimum absolute atomic E-state index is 0.00883. The minimum Gasteiger partial charge on any atom is -0.497 e. The number of furan rings is 1. The van der Waals surface area contributed by atoms with E-state index in [0.717, 1.165) is 35.1 Å². The third kappa shape index (κ3) is 3.73. The molecule has 24 heavy (non-hydrogen) atoms. The number of benzene rings is 1. The first-order valence-electron chi connectivity index (χ1n) is 8.75. The van der Waals surface area contributed by atoms with Crippen molar-refractivity contribution in [3.63, 3.8) is 0 Å². The van der Waals surface area contributed by atoms with E-state index in [4.69, 9.17) is 14.9 Å². The number of rotatable bonds is 6. The van der Waals surface area contributed by atoms with Crippen LogP contribution >= 0.6 is 0 Å². The van der Waals surface area contributed by atoms with Crippen molar-refractivity contribution < 1.29 is 13.9 Å². The maximum Gasteiger partial charge on any atom is 0.224 e. The molecule has 0 bridgehead atoms.